The van der Waals surface area contributed by atoms with Crippen LogP contribution in [0.25, 0.3) is 5.70 Å². The van der Waals surface area contributed by atoms with Gasteiger partial charge in [-0.2, -0.15) is 0 Å². The van der Waals surface area contributed by atoms with E-state index < -0.39 is 0 Å². The van der Waals surface area contributed by atoms with Crippen LogP contribution in [-0.2, 0) is 6.61 Å². The third-order valence-electron chi connectivity index (χ3n) is 2.01. The van der Waals surface area contributed by atoms with Gasteiger partial charge in [0.05, 0.1) is 18.0 Å². The molecular weight excluding hydrogens is 202 g/mol. The number of aliphatic hydroxyl groups excluding tert-OH is 1. The lowest BCUT2D eigenvalue weighted by molar-refractivity contribution is 0.281. The van der Waals surface area contributed by atoms with E-state index in [0.29, 0.717) is 5.69 Å². The lowest BCUT2D eigenvalue weighted by Gasteiger charge is -2.15. The van der Waals surface area contributed by atoms with Crippen molar-refractivity contribution in [3.8, 4) is 0 Å². The first-order valence-electron chi connectivity index (χ1n) is 5.21. The summed E-state index contributed by atoms with van der Waals surface area (Å²) in [6.07, 6.45) is 4.52. The molecule has 0 radical (unpaired) electrons. The predicted molar refractivity (Wildman–Crippen MR) is 65.2 cm³/mol. The zero-order valence-electron chi connectivity index (χ0n) is 9.57. The van der Waals surface area contributed by atoms with Crippen molar-refractivity contribution < 1.29 is 5.11 Å². The highest BCUT2D eigenvalue weighted by molar-refractivity contribution is 5.81. The fourth-order valence-corrected chi connectivity index (χ4v) is 1.40. The highest BCUT2D eigenvalue weighted by Crippen LogP contribution is 2.14. The quantitative estimate of drug-likeness (QED) is 0.658. The van der Waals surface area contributed by atoms with Crippen molar-refractivity contribution in [3.63, 3.8) is 0 Å². The summed E-state index contributed by atoms with van der Waals surface area (Å²) in [6.45, 7) is 3.97. The molecule has 0 unspecified atom stereocenters. The van der Waals surface area contributed by atoms with Gasteiger partial charge in [-0.05, 0) is 26.0 Å². The van der Waals surface area contributed by atoms with Crippen molar-refractivity contribution in [2.75, 3.05) is 0 Å². The molecule has 0 fully saturated rings. The van der Waals surface area contributed by atoms with E-state index in [0.717, 1.165) is 11.3 Å². The first-order chi connectivity index (χ1) is 7.69. The van der Waals surface area contributed by atoms with E-state index >= 15 is 0 Å². The lowest BCUT2D eigenvalue weighted by atomic mass is 10.1. The minimum Gasteiger partial charge on any atom is -0.392 e. The molecule has 4 nitrogen and oxygen atoms in total. The Morgan fingerprint density at radius 3 is 2.94 bits per heavy atom. The summed E-state index contributed by atoms with van der Waals surface area (Å²) in [5.74, 6) is 0. The van der Waals surface area contributed by atoms with Crippen molar-refractivity contribution in [1.82, 2.24) is 10.3 Å². The van der Waals surface area contributed by atoms with E-state index in [1.165, 1.54) is 6.21 Å². The van der Waals surface area contributed by atoms with E-state index in [4.69, 9.17) is 5.41 Å². The average molecular weight is 219 g/mol. The molecule has 1 aromatic heterocycles. The number of allylic oxidation sites excluding steroid dienone is 1. The van der Waals surface area contributed by atoms with E-state index in [9.17, 15) is 5.11 Å². The molecule has 0 saturated heterocycles. The summed E-state index contributed by atoms with van der Waals surface area (Å²) >= 11 is 0. The minimum atomic E-state index is -0.0573. The Bertz CT molecular complexity index is 386. The normalized spacial score (nSPS) is 11.6. The molecule has 0 bridgehead atoms. The number of nitrogens with zero attached hydrogens (tertiary/aromatic N) is 1. The molecule has 0 aliphatic rings. The second-order valence-corrected chi connectivity index (χ2v) is 3.72. The van der Waals surface area contributed by atoms with Crippen LogP contribution in [0.3, 0.4) is 0 Å². The van der Waals surface area contributed by atoms with Gasteiger partial charge in [0.1, 0.15) is 0 Å². The summed E-state index contributed by atoms with van der Waals surface area (Å²) in [7, 11) is 0. The Kier molecular flexibility index (Phi) is 4.66. The molecule has 0 aliphatic heterocycles. The van der Waals surface area contributed by atoms with E-state index in [-0.39, 0.29) is 12.6 Å². The van der Waals surface area contributed by atoms with Gasteiger partial charge in [-0.25, -0.2) is 0 Å². The third kappa shape index (κ3) is 3.17. The number of pyridine rings is 1. The van der Waals surface area contributed by atoms with Crippen molar-refractivity contribution in [1.29, 1.82) is 5.41 Å². The monoisotopic (exact) mass is 219 g/mol. The van der Waals surface area contributed by atoms with Gasteiger partial charge in [0.15, 0.2) is 0 Å². The summed E-state index contributed by atoms with van der Waals surface area (Å²) < 4.78 is 0. The van der Waals surface area contributed by atoms with Crippen molar-refractivity contribution in [3.05, 3.63) is 35.7 Å². The molecule has 0 atom stereocenters. The molecule has 0 aliphatic carbocycles. The van der Waals surface area contributed by atoms with Gasteiger partial charge >= 0.3 is 0 Å². The molecule has 0 amide bonds. The van der Waals surface area contributed by atoms with Crippen LogP contribution < -0.4 is 5.32 Å². The number of hydrogen-bond acceptors (Lipinski definition) is 4. The maximum absolute atomic E-state index is 9.22. The number of hydrogen-bond donors (Lipinski definition) is 3. The Morgan fingerprint density at radius 2 is 2.38 bits per heavy atom. The van der Waals surface area contributed by atoms with Crippen LogP contribution in [0, 0.1) is 5.41 Å². The zero-order valence-corrected chi connectivity index (χ0v) is 9.57. The van der Waals surface area contributed by atoms with Gasteiger partial charge in [-0.3, -0.25) is 4.98 Å². The molecule has 1 aromatic rings. The Hall–Kier alpha value is -1.68. The zero-order chi connectivity index (χ0) is 12.0. The van der Waals surface area contributed by atoms with Gasteiger partial charge in [-0.15, -0.1) is 0 Å². The molecule has 86 valence electrons. The van der Waals surface area contributed by atoms with E-state index in [1.807, 2.05) is 19.9 Å². The van der Waals surface area contributed by atoms with Crippen LogP contribution >= 0.6 is 0 Å². The van der Waals surface area contributed by atoms with Crippen LogP contribution in [0.2, 0.25) is 0 Å². The molecular formula is C12H17N3O. The standard InChI is InChI=1S/C12H17N3O/c1-9(2)15-11(5-6-13)12-10(8-16)4-3-7-14-12/h3-7,9,13,15-16H,8H2,1-2H3/b11-5-,13-6?. The molecule has 1 rings (SSSR count). The lowest BCUT2D eigenvalue weighted by Crippen LogP contribution is -2.22. The molecule has 4 heteroatoms. The van der Waals surface area contributed by atoms with Gasteiger partial charge in [0.25, 0.3) is 0 Å². The topological polar surface area (TPSA) is 69.0 Å². The minimum absolute atomic E-state index is 0.0573. The molecule has 0 aromatic carbocycles. The van der Waals surface area contributed by atoms with Crippen molar-refractivity contribution in [2.45, 2.75) is 26.5 Å². The maximum atomic E-state index is 9.22. The third-order valence-corrected chi connectivity index (χ3v) is 2.01. The Labute approximate surface area is 95.5 Å². The fraction of sp³-hybridized carbons (Fsp3) is 0.333. The highest BCUT2D eigenvalue weighted by Gasteiger charge is 2.08. The van der Waals surface area contributed by atoms with E-state index in [2.05, 4.69) is 10.3 Å². The van der Waals surface area contributed by atoms with Crippen LogP contribution in [0.1, 0.15) is 25.1 Å². The molecule has 3 N–H and O–H groups in total. The number of aromatic nitrogens is 1. The first kappa shape index (κ1) is 12.4. The van der Waals surface area contributed by atoms with Crippen LogP contribution in [0.15, 0.2) is 24.4 Å². The predicted octanol–water partition coefficient (Wildman–Crippen LogP) is 1.56. The summed E-state index contributed by atoms with van der Waals surface area (Å²) in [5.41, 5.74) is 2.21. The fourth-order valence-electron chi connectivity index (χ4n) is 1.40. The molecule has 16 heavy (non-hydrogen) atoms. The summed E-state index contributed by atoms with van der Waals surface area (Å²) in [4.78, 5) is 4.23. The highest BCUT2D eigenvalue weighted by atomic mass is 16.3. The molecule has 0 saturated carbocycles. The number of rotatable bonds is 5. The average Bonchev–Trinajstić information content (AvgIpc) is 2.28. The van der Waals surface area contributed by atoms with Crippen molar-refractivity contribution in [2.24, 2.45) is 0 Å². The second-order valence-electron chi connectivity index (χ2n) is 3.72. The van der Waals surface area contributed by atoms with Crippen LogP contribution in [0.4, 0.5) is 0 Å². The number of nitrogens with one attached hydrogen (secondary N) is 2. The molecule has 1 heterocycles. The van der Waals surface area contributed by atoms with E-state index in [1.54, 1.807) is 18.3 Å². The van der Waals surface area contributed by atoms with Gasteiger partial charge in [0, 0.05) is 24.0 Å². The van der Waals surface area contributed by atoms with Gasteiger partial charge < -0.3 is 15.8 Å². The largest absolute Gasteiger partial charge is 0.392 e. The first-order valence-corrected chi connectivity index (χ1v) is 5.21. The summed E-state index contributed by atoms with van der Waals surface area (Å²) in [5, 5.41) is 19.5. The van der Waals surface area contributed by atoms with Crippen molar-refractivity contribution >= 4 is 11.9 Å². The maximum Gasteiger partial charge on any atom is 0.0916 e. The second kappa shape index (κ2) is 6.02. The molecule has 0 spiro atoms. The Balaban J connectivity index is 3.10. The van der Waals surface area contributed by atoms with Crippen LogP contribution in [-0.4, -0.2) is 22.3 Å². The number of aliphatic hydroxyl groups is 1. The van der Waals surface area contributed by atoms with Crippen LogP contribution in [0.5, 0.6) is 0 Å². The smallest absolute Gasteiger partial charge is 0.0916 e. The summed E-state index contributed by atoms with van der Waals surface area (Å²) in [6, 6.07) is 3.86. The SMILES string of the molecule is CC(C)N/C(=C\C=N)c1ncccc1CO. The Morgan fingerprint density at radius 1 is 1.62 bits per heavy atom. The van der Waals surface area contributed by atoms with Gasteiger partial charge in [-0.1, -0.05) is 6.07 Å². The van der Waals surface area contributed by atoms with Gasteiger partial charge in [0.2, 0.25) is 0 Å².